The summed E-state index contributed by atoms with van der Waals surface area (Å²) in [5.74, 6) is -0.272. The fraction of sp³-hybridized carbons (Fsp3) is 0.571. The van der Waals surface area contributed by atoms with Crippen LogP contribution in [-0.4, -0.2) is 88.8 Å². The van der Waals surface area contributed by atoms with Gasteiger partial charge in [0, 0.05) is 27.7 Å². The van der Waals surface area contributed by atoms with E-state index in [0.717, 1.165) is 7.11 Å². The van der Waals surface area contributed by atoms with Gasteiger partial charge in [0.1, 0.15) is 0 Å². The van der Waals surface area contributed by atoms with Crippen LogP contribution in [0.4, 0.5) is 14.4 Å². The number of amides is 7. The van der Waals surface area contributed by atoms with Crippen LogP contribution in [0.2, 0.25) is 0 Å². The molecule has 0 saturated carbocycles. The minimum absolute atomic E-state index is 0.0105. The van der Waals surface area contributed by atoms with Gasteiger partial charge in [-0.25, -0.2) is 24.0 Å². The van der Waals surface area contributed by atoms with E-state index < -0.39 is 18.1 Å². The summed E-state index contributed by atoms with van der Waals surface area (Å²) in [6.07, 6.45) is 2.41. The number of hydrogen-bond acceptors (Lipinski definition) is 11. The Morgan fingerprint density at radius 1 is 0.750 bits per heavy atom. The molecule has 32 heavy (non-hydrogen) atoms. The number of urea groups is 3. The number of rotatable bonds is 8. The molecule has 0 aliphatic heterocycles. The Hall–Kier alpha value is -4.08. The number of aliphatic hydroxyl groups is 1. The largest absolute Gasteiger partial charge is 0.400 e. The summed E-state index contributed by atoms with van der Waals surface area (Å²) < 4.78 is 0. The van der Waals surface area contributed by atoms with Gasteiger partial charge >= 0.3 is 18.1 Å². The molecule has 0 heterocycles. The summed E-state index contributed by atoms with van der Waals surface area (Å²) in [6, 6.07) is -1.55. The predicted octanol–water partition coefficient (Wildman–Crippen LogP) is -4.39. The molecule has 0 spiro atoms. The fourth-order valence-electron chi connectivity index (χ4n) is 0.965. The lowest BCUT2D eigenvalue weighted by molar-refractivity contribution is -0.118. The van der Waals surface area contributed by atoms with E-state index in [1.54, 1.807) is 0 Å². The van der Waals surface area contributed by atoms with E-state index in [-0.39, 0.29) is 39.3 Å². The molecule has 7 amide bonds. The Labute approximate surface area is 184 Å². The van der Waals surface area contributed by atoms with Gasteiger partial charge in [0.05, 0.1) is 20.0 Å². The molecule has 0 unspecified atom stereocenters. The summed E-state index contributed by atoms with van der Waals surface area (Å²) in [4.78, 5) is 67.8. The first-order valence-electron chi connectivity index (χ1n) is 8.44. The molecule has 184 valence electrons. The highest BCUT2D eigenvalue weighted by atomic mass is 16.2. The summed E-state index contributed by atoms with van der Waals surface area (Å²) in [7, 11) is 2.44. The molecule has 0 aromatic carbocycles. The lowest BCUT2D eigenvalue weighted by Gasteiger charge is -2.10. The first-order valence-corrected chi connectivity index (χ1v) is 8.44. The number of carbonyl (C=O) groups excluding carboxylic acids is 6. The molecule has 0 aromatic rings. The van der Waals surface area contributed by atoms with E-state index in [1.165, 1.54) is 26.1 Å². The standard InChI is InChI=1S/C9H19N7O4.C3H2N2O2.CH6N2.CH4O/c1-6(17)11-3-13-8(19)15-5-16-9(20)14-4-12-7(18)10-2;6-2-4-1-5-3-7;2-1-3;1-2/h3-5H2,1-2H3,(H,11,17)(H2,10,12,18)(H2,13,15,19)(H2,14,16,20);1H2;1-3H2;2H,1H3. The molecule has 0 radical (unpaired) electrons. The summed E-state index contributed by atoms with van der Waals surface area (Å²) in [6.45, 7) is 1.23. The van der Waals surface area contributed by atoms with Gasteiger partial charge in [-0.15, -0.1) is 0 Å². The second-order valence-corrected chi connectivity index (χ2v) is 4.26. The van der Waals surface area contributed by atoms with E-state index in [0.29, 0.717) is 0 Å². The Morgan fingerprint density at radius 3 is 1.34 bits per heavy atom. The van der Waals surface area contributed by atoms with E-state index in [4.69, 9.17) is 5.11 Å². The van der Waals surface area contributed by atoms with Crippen molar-refractivity contribution in [2.24, 2.45) is 21.5 Å². The SMILES string of the molecule is CNC(=O)NCNC(=O)NCNC(=O)NCNC(C)=O.CO.NCN.O=C=NCN=C=O. The maximum Gasteiger partial charge on any atom is 0.317 e. The van der Waals surface area contributed by atoms with Crippen molar-refractivity contribution in [3.05, 3.63) is 0 Å². The quantitative estimate of drug-likeness (QED) is 0.0939. The first kappa shape index (κ1) is 35.4. The second kappa shape index (κ2) is 31.6. The van der Waals surface area contributed by atoms with Crippen molar-refractivity contribution in [2.75, 3.05) is 47.5 Å². The minimum Gasteiger partial charge on any atom is -0.400 e. The third kappa shape index (κ3) is 40.6. The smallest absolute Gasteiger partial charge is 0.317 e. The zero-order valence-electron chi connectivity index (χ0n) is 18.0. The minimum atomic E-state index is -0.566. The topological polar surface area (TPSA) is 284 Å². The number of aliphatic hydroxyl groups excluding tert-OH is 1. The van der Waals surface area contributed by atoms with Gasteiger partial charge in [-0.3, -0.25) is 4.79 Å². The highest BCUT2D eigenvalue weighted by molar-refractivity contribution is 5.78. The van der Waals surface area contributed by atoms with Crippen LogP contribution in [0.5, 0.6) is 0 Å². The number of hydrogen-bond donors (Lipinski definition) is 10. The van der Waals surface area contributed by atoms with Crippen LogP contribution < -0.4 is 48.7 Å². The Bertz CT molecular complexity index is 590. The van der Waals surface area contributed by atoms with Crippen LogP contribution >= 0.6 is 0 Å². The third-order valence-corrected chi connectivity index (χ3v) is 2.08. The molecule has 12 N–H and O–H groups in total. The highest BCUT2D eigenvalue weighted by Crippen LogP contribution is 1.66. The third-order valence-electron chi connectivity index (χ3n) is 2.08. The van der Waals surface area contributed by atoms with Crippen molar-refractivity contribution in [2.45, 2.75) is 6.92 Å². The van der Waals surface area contributed by atoms with Gasteiger partial charge in [0.25, 0.3) is 0 Å². The van der Waals surface area contributed by atoms with Crippen molar-refractivity contribution in [1.82, 2.24) is 37.2 Å². The molecule has 0 rings (SSSR count). The Balaban J connectivity index is -0.000000270. The van der Waals surface area contributed by atoms with Gasteiger partial charge < -0.3 is 53.8 Å². The Morgan fingerprint density at radius 2 is 1.06 bits per heavy atom. The second-order valence-electron chi connectivity index (χ2n) is 4.26. The van der Waals surface area contributed by atoms with Crippen molar-refractivity contribution >= 4 is 36.2 Å². The summed E-state index contributed by atoms with van der Waals surface area (Å²) in [5.41, 5.74) is 9.25. The molecule has 0 fully saturated rings. The van der Waals surface area contributed by atoms with Crippen LogP contribution in [-0.2, 0) is 14.4 Å². The van der Waals surface area contributed by atoms with Gasteiger partial charge in [0.2, 0.25) is 18.1 Å². The number of carbonyl (C=O) groups is 4. The molecular formula is C14H31N11O7. The predicted molar refractivity (Wildman–Crippen MR) is 112 cm³/mol. The molecule has 0 atom stereocenters. The molecule has 0 bridgehead atoms. The Kier molecular flexibility index (Phi) is 34.9. The molecule has 18 heteroatoms. The monoisotopic (exact) mass is 465 g/mol. The maximum atomic E-state index is 11.2. The number of aliphatic imine (C=N–C) groups is 2. The zero-order chi connectivity index (χ0) is 25.6. The molecule has 0 aromatic heterocycles. The fourth-order valence-corrected chi connectivity index (χ4v) is 0.965. The van der Waals surface area contributed by atoms with Crippen LogP contribution in [0, 0.1) is 0 Å². The van der Waals surface area contributed by atoms with Crippen LogP contribution in [0.25, 0.3) is 0 Å². The number of nitrogens with two attached hydrogens (primary N) is 2. The average molecular weight is 465 g/mol. The van der Waals surface area contributed by atoms with E-state index in [9.17, 15) is 28.8 Å². The first-order chi connectivity index (χ1) is 15.3. The zero-order valence-corrected chi connectivity index (χ0v) is 18.0. The normalized spacial score (nSPS) is 7.56. The van der Waals surface area contributed by atoms with Crippen molar-refractivity contribution < 1.29 is 33.9 Å². The molecule has 0 aliphatic carbocycles. The van der Waals surface area contributed by atoms with E-state index >= 15 is 0 Å². The van der Waals surface area contributed by atoms with Crippen molar-refractivity contribution in [1.29, 1.82) is 0 Å². The van der Waals surface area contributed by atoms with Crippen molar-refractivity contribution in [3.8, 4) is 0 Å². The van der Waals surface area contributed by atoms with E-state index in [2.05, 4.69) is 58.7 Å². The lowest BCUT2D eigenvalue weighted by atomic mass is 10.7. The molecule has 18 nitrogen and oxygen atoms in total. The average Bonchev–Trinajstić information content (AvgIpc) is 2.76. The molecule has 0 aliphatic rings. The number of isocyanates is 2. The summed E-state index contributed by atoms with van der Waals surface area (Å²) in [5, 5.41) is 23.3. The van der Waals surface area contributed by atoms with Gasteiger partial charge in [-0.05, 0) is 0 Å². The highest BCUT2D eigenvalue weighted by Gasteiger charge is 2.02. The maximum absolute atomic E-state index is 11.2. The molecule has 0 saturated heterocycles. The van der Waals surface area contributed by atoms with Crippen molar-refractivity contribution in [3.63, 3.8) is 0 Å². The molecular weight excluding hydrogens is 434 g/mol. The van der Waals surface area contributed by atoms with Gasteiger partial charge in [-0.2, -0.15) is 9.98 Å². The van der Waals surface area contributed by atoms with Gasteiger partial charge in [-0.1, -0.05) is 0 Å². The lowest BCUT2D eigenvalue weighted by Crippen LogP contribution is -2.49. The summed E-state index contributed by atoms with van der Waals surface area (Å²) >= 11 is 0. The van der Waals surface area contributed by atoms with Crippen LogP contribution in [0.3, 0.4) is 0 Å². The van der Waals surface area contributed by atoms with Gasteiger partial charge in [0.15, 0.2) is 6.67 Å². The van der Waals surface area contributed by atoms with Crippen LogP contribution in [0.15, 0.2) is 9.98 Å². The number of nitrogens with one attached hydrogen (secondary N) is 7. The van der Waals surface area contributed by atoms with Crippen LogP contribution in [0.1, 0.15) is 6.92 Å². The van der Waals surface area contributed by atoms with E-state index in [1.807, 2.05) is 0 Å². The number of nitrogens with zero attached hydrogens (tertiary/aromatic N) is 2.